The Balaban J connectivity index is 1.74. The topological polar surface area (TPSA) is 76.7 Å². The SMILES string of the molecule is COc1ccc(/C=C/C(=O)NNC(=O)COc2ccc(C)c(C)c2)cc1. The van der Waals surface area contributed by atoms with Gasteiger partial charge in [0.05, 0.1) is 7.11 Å². The van der Waals surface area contributed by atoms with Gasteiger partial charge in [-0.3, -0.25) is 20.4 Å². The van der Waals surface area contributed by atoms with Crippen molar-refractivity contribution in [2.75, 3.05) is 13.7 Å². The van der Waals surface area contributed by atoms with Crippen LogP contribution in [0.3, 0.4) is 0 Å². The number of hydrogen-bond acceptors (Lipinski definition) is 4. The van der Waals surface area contributed by atoms with Gasteiger partial charge in [-0.2, -0.15) is 0 Å². The van der Waals surface area contributed by atoms with E-state index in [0.717, 1.165) is 22.4 Å². The van der Waals surface area contributed by atoms with Gasteiger partial charge in [0, 0.05) is 6.08 Å². The lowest BCUT2D eigenvalue weighted by molar-refractivity contribution is -0.128. The van der Waals surface area contributed by atoms with Crippen molar-refractivity contribution >= 4 is 17.9 Å². The number of hydrogen-bond donors (Lipinski definition) is 2. The molecule has 0 saturated heterocycles. The van der Waals surface area contributed by atoms with Crippen molar-refractivity contribution < 1.29 is 19.1 Å². The monoisotopic (exact) mass is 354 g/mol. The number of aryl methyl sites for hydroxylation is 2. The van der Waals surface area contributed by atoms with E-state index in [2.05, 4.69) is 10.9 Å². The summed E-state index contributed by atoms with van der Waals surface area (Å²) in [5.74, 6) is 0.450. The highest BCUT2D eigenvalue weighted by molar-refractivity contribution is 5.93. The second-order valence-corrected chi connectivity index (χ2v) is 5.68. The van der Waals surface area contributed by atoms with Crippen LogP contribution >= 0.6 is 0 Å². The molecule has 0 spiro atoms. The maximum atomic E-state index is 11.7. The van der Waals surface area contributed by atoms with Gasteiger partial charge >= 0.3 is 0 Å². The highest BCUT2D eigenvalue weighted by Gasteiger charge is 2.04. The van der Waals surface area contributed by atoms with Crippen LogP contribution in [0.1, 0.15) is 16.7 Å². The largest absolute Gasteiger partial charge is 0.497 e. The molecule has 2 N–H and O–H groups in total. The van der Waals surface area contributed by atoms with Gasteiger partial charge in [-0.25, -0.2) is 0 Å². The molecule has 0 heterocycles. The number of nitrogens with one attached hydrogen (secondary N) is 2. The van der Waals surface area contributed by atoms with Crippen LogP contribution < -0.4 is 20.3 Å². The highest BCUT2D eigenvalue weighted by Crippen LogP contribution is 2.16. The summed E-state index contributed by atoms with van der Waals surface area (Å²) in [6.45, 7) is 3.78. The fourth-order valence-electron chi connectivity index (χ4n) is 2.05. The minimum atomic E-state index is -0.450. The Kier molecular flexibility index (Phi) is 6.79. The number of methoxy groups -OCH3 is 1. The first-order valence-corrected chi connectivity index (χ1v) is 8.09. The minimum absolute atomic E-state index is 0.190. The van der Waals surface area contributed by atoms with Gasteiger partial charge in [0.2, 0.25) is 0 Å². The highest BCUT2D eigenvalue weighted by atomic mass is 16.5. The van der Waals surface area contributed by atoms with Crippen molar-refractivity contribution in [2.45, 2.75) is 13.8 Å². The van der Waals surface area contributed by atoms with E-state index in [1.807, 2.05) is 38.1 Å². The molecule has 0 bridgehead atoms. The first kappa shape index (κ1) is 19.1. The molecule has 0 aliphatic heterocycles. The van der Waals surface area contributed by atoms with Gasteiger partial charge in [0.15, 0.2) is 6.61 Å². The van der Waals surface area contributed by atoms with Crippen molar-refractivity contribution in [2.24, 2.45) is 0 Å². The molecule has 26 heavy (non-hydrogen) atoms. The van der Waals surface area contributed by atoms with E-state index in [1.54, 1.807) is 31.4 Å². The van der Waals surface area contributed by atoms with Gasteiger partial charge in [-0.05, 0) is 60.9 Å². The molecule has 2 aromatic carbocycles. The first-order valence-electron chi connectivity index (χ1n) is 8.09. The van der Waals surface area contributed by atoms with E-state index in [4.69, 9.17) is 9.47 Å². The second-order valence-electron chi connectivity index (χ2n) is 5.68. The molecule has 0 radical (unpaired) electrons. The summed E-state index contributed by atoms with van der Waals surface area (Å²) in [6.07, 6.45) is 2.96. The molecule has 2 aromatic rings. The van der Waals surface area contributed by atoms with Crippen LogP contribution in [0, 0.1) is 13.8 Å². The van der Waals surface area contributed by atoms with Gasteiger partial charge in [-0.1, -0.05) is 18.2 Å². The standard InChI is InChI=1S/C20H22N2O4/c1-14-4-8-18(12-15(14)2)26-13-20(24)22-21-19(23)11-7-16-5-9-17(25-3)10-6-16/h4-12H,13H2,1-3H3,(H,21,23)(H,22,24)/b11-7+. The van der Waals surface area contributed by atoms with Gasteiger partial charge in [0.25, 0.3) is 11.8 Å². The molecule has 6 nitrogen and oxygen atoms in total. The number of carbonyl (C=O) groups excluding carboxylic acids is 2. The number of rotatable bonds is 6. The molecule has 0 aliphatic carbocycles. The summed E-state index contributed by atoms with van der Waals surface area (Å²) in [5, 5.41) is 0. The Bertz CT molecular complexity index is 798. The maximum Gasteiger partial charge on any atom is 0.276 e. The van der Waals surface area contributed by atoms with E-state index >= 15 is 0 Å². The predicted octanol–water partition coefficient (Wildman–Crippen LogP) is 2.55. The molecule has 6 heteroatoms. The lowest BCUT2D eigenvalue weighted by Gasteiger charge is -2.09. The van der Waals surface area contributed by atoms with Crippen molar-refractivity contribution in [1.82, 2.24) is 10.9 Å². The van der Waals surface area contributed by atoms with Crippen molar-refractivity contribution in [3.05, 3.63) is 65.2 Å². The summed E-state index contributed by atoms with van der Waals surface area (Å²) in [7, 11) is 1.59. The molecule has 0 saturated carbocycles. The fraction of sp³-hybridized carbons (Fsp3) is 0.200. The lowest BCUT2D eigenvalue weighted by atomic mass is 10.1. The normalized spacial score (nSPS) is 10.4. The molecule has 2 amide bonds. The van der Waals surface area contributed by atoms with Crippen LogP contribution in [0.4, 0.5) is 0 Å². The summed E-state index contributed by atoms with van der Waals surface area (Å²) in [5.41, 5.74) is 7.67. The van der Waals surface area contributed by atoms with Crippen LogP contribution in [0.5, 0.6) is 11.5 Å². The van der Waals surface area contributed by atoms with E-state index < -0.39 is 11.8 Å². The van der Waals surface area contributed by atoms with Crippen molar-refractivity contribution in [3.8, 4) is 11.5 Å². The van der Waals surface area contributed by atoms with Crippen LogP contribution in [0.2, 0.25) is 0 Å². The molecule has 0 aromatic heterocycles. The molecule has 136 valence electrons. The average Bonchev–Trinajstić information content (AvgIpc) is 2.66. The quantitative estimate of drug-likeness (QED) is 0.617. The summed E-state index contributed by atoms with van der Waals surface area (Å²) >= 11 is 0. The Morgan fingerprint density at radius 2 is 1.65 bits per heavy atom. The maximum absolute atomic E-state index is 11.7. The zero-order valence-electron chi connectivity index (χ0n) is 15.0. The number of carbonyl (C=O) groups is 2. The van der Waals surface area contributed by atoms with Crippen molar-refractivity contribution in [3.63, 3.8) is 0 Å². The number of hydrazine groups is 1. The summed E-state index contributed by atoms with van der Waals surface area (Å²) in [6, 6.07) is 12.8. The molecule has 0 aliphatic rings. The van der Waals surface area contributed by atoms with Crippen LogP contribution in [-0.4, -0.2) is 25.5 Å². The minimum Gasteiger partial charge on any atom is -0.497 e. The van der Waals surface area contributed by atoms with Crippen LogP contribution in [-0.2, 0) is 9.59 Å². The summed E-state index contributed by atoms with van der Waals surface area (Å²) < 4.78 is 10.5. The first-order chi connectivity index (χ1) is 12.5. The zero-order valence-corrected chi connectivity index (χ0v) is 15.0. The van der Waals surface area contributed by atoms with Crippen LogP contribution in [0.25, 0.3) is 6.08 Å². The molecule has 0 atom stereocenters. The van der Waals surface area contributed by atoms with Crippen molar-refractivity contribution in [1.29, 1.82) is 0 Å². The summed E-state index contributed by atoms with van der Waals surface area (Å²) in [4.78, 5) is 23.5. The third kappa shape index (κ3) is 5.98. The Morgan fingerprint density at radius 3 is 2.31 bits per heavy atom. The van der Waals surface area contributed by atoms with E-state index in [1.165, 1.54) is 6.08 Å². The van der Waals surface area contributed by atoms with E-state index in [9.17, 15) is 9.59 Å². The molecule has 2 rings (SSSR count). The van der Waals surface area contributed by atoms with Gasteiger partial charge in [-0.15, -0.1) is 0 Å². The van der Waals surface area contributed by atoms with Gasteiger partial charge < -0.3 is 9.47 Å². The van der Waals surface area contributed by atoms with E-state index in [-0.39, 0.29) is 6.61 Å². The number of amides is 2. The third-order valence-corrected chi connectivity index (χ3v) is 3.72. The Hall–Kier alpha value is -3.28. The van der Waals surface area contributed by atoms with E-state index in [0.29, 0.717) is 5.75 Å². The molecular formula is C20H22N2O4. The smallest absolute Gasteiger partial charge is 0.276 e. The molecular weight excluding hydrogens is 332 g/mol. The lowest BCUT2D eigenvalue weighted by Crippen LogP contribution is -2.43. The number of ether oxygens (including phenoxy) is 2. The Morgan fingerprint density at radius 1 is 0.962 bits per heavy atom. The molecule has 0 unspecified atom stereocenters. The Labute approximate surface area is 152 Å². The number of benzene rings is 2. The average molecular weight is 354 g/mol. The predicted molar refractivity (Wildman–Crippen MR) is 99.7 cm³/mol. The fourth-order valence-corrected chi connectivity index (χ4v) is 2.05. The van der Waals surface area contributed by atoms with Crippen LogP contribution in [0.15, 0.2) is 48.5 Å². The second kappa shape index (κ2) is 9.27. The van der Waals surface area contributed by atoms with Gasteiger partial charge in [0.1, 0.15) is 11.5 Å². The zero-order chi connectivity index (χ0) is 18.9. The third-order valence-electron chi connectivity index (χ3n) is 3.72. The molecule has 0 fully saturated rings.